The molecule has 0 radical (unpaired) electrons. The van der Waals surface area contributed by atoms with Gasteiger partial charge in [-0.3, -0.25) is 0 Å². The highest BCUT2D eigenvalue weighted by Gasteiger charge is 2.34. The third kappa shape index (κ3) is 2.79. The summed E-state index contributed by atoms with van der Waals surface area (Å²) in [7, 11) is 0. The largest absolute Gasteiger partial charge is 0.364 e. The van der Waals surface area contributed by atoms with Crippen LogP contribution in [0.4, 0.5) is 5.69 Å². The Balaban J connectivity index is 2.50. The second kappa shape index (κ2) is 5.16. The van der Waals surface area contributed by atoms with E-state index in [0.717, 1.165) is 13.0 Å². The third-order valence-corrected chi connectivity index (χ3v) is 4.44. The Morgan fingerprint density at radius 1 is 1.32 bits per heavy atom. The molecule has 0 aromatic heterocycles. The fraction of sp³-hybridized carbons (Fsp3) is 0.647. The SMILES string of the molecule is Cc1cccc(C(C)C)c1N1CC(N)CCC1(C)C. The monoisotopic (exact) mass is 260 g/mol. The lowest BCUT2D eigenvalue weighted by molar-refractivity contribution is 0.333. The molecular formula is C17H28N2. The molecule has 1 heterocycles. The van der Waals surface area contributed by atoms with Crippen LogP contribution >= 0.6 is 0 Å². The van der Waals surface area contributed by atoms with Gasteiger partial charge in [0.2, 0.25) is 0 Å². The minimum absolute atomic E-state index is 0.200. The molecule has 2 N–H and O–H groups in total. The van der Waals surface area contributed by atoms with E-state index in [0.29, 0.717) is 12.0 Å². The summed E-state index contributed by atoms with van der Waals surface area (Å²) in [4.78, 5) is 2.55. The maximum atomic E-state index is 6.22. The molecule has 19 heavy (non-hydrogen) atoms. The van der Waals surface area contributed by atoms with Crippen molar-refractivity contribution < 1.29 is 0 Å². The van der Waals surface area contributed by atoms with Gasteiger partial charge < -0.3 is 10.6 Å². The normalized spacial score (nSPS) is 22.9. The van der Waals surface area contributed by atoms with E-state index in [2.05, 4.69) is 57.7 Å². The number of anilines is 1. The summed E-state index contributed by atoms with van der Waals surface area (Å²) in [6.45, 7) is 12.4. The van der Waals surface area contributed by atoms with Gasteiger partial charge in [-0.15, -0.1) is 0 Å². The number of rotatable bonds is 2. The van der Waals surface area contributed by atoms with Crippen LogP contribution in [-0.2, 0) is 0 Å². The van der Waals surface area contributed by atoms with Crippen molar-refractivity contribution in [1.82, 2.24) is 0 Å². The molecule has 1 aromatic rings. The van der Waals surface area contributed by atoms with E-state index in [1.807, 2.05) is 0 Å². The topological polar surface area (TPSA) is 29.3 Å². The van der Waals surface area contributed by atoms with Crippen molar-refractivity contribution in [3.8, 4) is 0 Å². The maximum absolute atomic E-state index is 6.22. The Labute approximate surface area is 118 Å². The number of benzene rings is 1. The van der Waals surface area contributed by atoms with Crippen LogP contribution in [0.1, 0.15) is 57.6 Å². The van der Waals surface area contributed by atoms with Crippen molar-refractivity contribution in [3.63, 3.8) is 0 Å². The summed E-state index contributed by atoms with van der Waals surface area (Å²) in [5.41, 5.74) is 10.6. The van der Waals surface area contributed by atoms with Crippen molar-refractivity contribution >= 4 is 5.69 Å². The first-order valence-corrected chi connectivity index (χ1v) is 7.45. The summed E-state index contributed by atoms with van der Waals surface area (Å²) in [6, 6.07) is 6.96. The van der Waals surface area contributed by atoms with Crippen LogP contribution in [0, 0.1) is 6.92 Å². The van der Waals surface area contributed by atoms with Gasteiger partial charge in [-0.25, -0.2) is 0 Å². The van der Waals surface area contributed by atoms with Crippen LogP contribution in [-0.4, -0.2) is 18.1 Å². The molecule has 2 heteroatoms. The van der Waals surface area contributed by atoms with Crippen LogP contribution in [0.2, 0.25) is 0 Å². The summed E-state index contributed by atoms with van der Waals surface area (Å²) < 4.78 is 0. The molecule has 1 aliphatic rings. The molecule has 1 aliphatic heterocycles. The van der Waals surface area contributed by atoms with E-state index in [4.69, 9.17) is 5.73 Å². The third-order valence-electron chi connectivity index (χ3n) is 4.44. The predicted octanol–water partition coefficient (Wildman–Crippen LogP) is 3.82. The van der Waals surface area contributed by atoms with Gasteiger partial charge in [-0.05, 0) is 50.7 Å². The molecule has 2 nitrogen and oxygen atoms in total. The van der Waals surface area contributed by atoms with Gasteiger partial charge in [0, 0.05) is 23.8 Å². The molecule has 0 aliphatic carbocycles. The quantitative estimate of drug-likeness (QED) is 0.875. The lowest BCUT2D eigenvalue weighted by Crippen LogP contribution is -2.55. The fourth-order valence-corrected chi connectivity index (χ4v) is 3.16. The lowest BCUT2D eigenvalue weighted by atomic mass is 9.85. The zero-order chi connectivity index (χ0) is 14.2. The molecule has 106 valence electrons. The Kier molecular flexibility index (Phi) is 3.91. The average molecular weight is 260 g/mol. The van der Waals surface area contributed by atoms with Gasteiger partial charge in [0.1, 0.15) is 0 Å². The van der Waals surface area contributed by atoms with Crippen LogP contribution in [0.3, 0.4) is 0 Å². The Hall–Kier alpha value is -1.02. The molecular weight excluding hydrogens is 232 g/mol. The van der Waals surface area contributed by atoms with Crippen molar-refractivity contribution in [2.45, 2.75) is 65.0 Å². The van der Waals surface area contributed by atoms with E-state index in [-0.39, 0.29) is 5.54 Å². The van der Waals surface area contributed by atoms with Crippen LogP contribution in [0.15, 0.2) is 18.2 Å². The zero-order valence-corrected chi connectivity index (χ0v) is 13.0. The lowest BCUT2D eigenvalue weighted by Gasteiger charge is -2.48. The molecule has 0 bridgehead atoms. The number of para-hydroxylation sites is 1. The molecule has 1 unspecified atom stereocenters. The first-order valence-electron chi connectivity index (χ1n) is 7.45. The minimum Gasteiger partial charge on any atom is -0.364 e. The van der Waals surface area contributed by atoms with Gasteiger partial charge in [0.25, 0.3) is 0 Å². The second-order valence-electron chi connectivity index (χ2n) is 6.89. The molecule has 0 saturated carbocycles. The smallest absolute Gasteiger partial charge is 0.0436 e. The summed E-state index contributed by atoms with van der Waals surface area (Å²) >= 11 is 0. The Morgan fingerprint density at radius 3 is 2.63 bits per heavy atom. The van der Waals surface area contributed by atoms with Crippen molar-refractivity contribution in [2.75, 3.05) is 11.4 Å². The molecule has 1 aromatic carbocycles. The van der Waals surface area contributed by atoms with Crippen LogP contribution < -0.4 is 10.6 Å². The number of hydrogen-bond acceptors (Lipinski definition) is 2. The van der Waals surface area contributed by atoms with Gasteiger partial charge in [0.15, 0.2) is 0 Å². The van der Waals surface area contributed by atoms with E-state index < -0.39 is 0 Å². The maximum Gasteiger partial charge on any atom is 0.0436 e. The Bertz CT molecular complexity index is 449. The average Bonchev–Trinajstić information content (AvgIpc) is 2.32. The molecule has 1 fully saturated rings. The molecule has 2 rings (SSSR count). The van der Waals surface area contributed by atoms with Gasteiger partial charge >= 0.3 is 0 Å². The fourth-order valence-electron chi connectivity index (χ4n) is 3.16. The van der Waals surface area contributed by atoms with Crippen LogP contribution in [0.25, 0.3) is 0 Å². The second-order valence-corrected chi connectivity index (χ2v) is 6.89. The van der Waals surface area contributed by atoms with Crippen molar-refractivity contribution in [2.24, 2.45) is 5.73 Å². The zero-order valence-electron chi connectivity index (χ0n) is 13.0. The van der Waals surface area contributed by atoms with Gasteiger partial charge in [-0.2, -0.15) is 0 Å². The summed E-state index contributed by atoms with van der Waals surface area (Å²) in [6.07, 6.45) is 2.30. The van der Waals surface area contributed by atoms with Crippen LogP contribution in [0.5, 0.6) is 0 Å². The van der Waals surface area contributed by atoms with Crippen molar-refractivity contribution in [3.05, 3.63) is 29.3 Å². The van der Waals surface area contributed by atoms with E-state index in [1.54, 1.807) is 0 Å². The van der Waals surface area contributed by atoms with Crippen molar-refractivity contribution in [1.29, 1.82) is 0 Å². The highest BCUT2D eigenvalue weighted by Crippen LogP contribution is 2.38. The van der Waals surface area contributed by atoms with Gasteiger partial charge in [-0.1, -0.05) is 32.0 Å². The predicted molar refractivity (Wildman–Crippen MR) is 83.9 cm³/mol. The Morgan fingerprint density at radius 2 is 2.00 bits per heavy atom. The summed E-state index contributed by atoms with van der Waals surface area (Å²) in [5, 5.41) is 0. The number of hydrogen-bond donors (Lipinski definition) is 1. The molecule has 1 atom stereocenters. The van der Waals surface area contributed by atoms with E-state index in [1.165, 1.54) is 23.2 Å². The molecule has 0 amide bonds. The number of piperidine rings is 1. The minimum atomic E-state index is 0.200. The number of aryl methyl sites for hydroxylation is 1. The molecule has 0 spiro atoms. The standard InChI is InChI=1S/C17H28N2/c1-12(2)15-8-6-7-13(3)16(15)19-11-14(18)9-10-17(19,4)5/h6-8,12,14H,9-11,18H2,1-5H3. The van der Waals surface area contributed by atoms with E-state index in [9.17, 15) is 0 Å². The van der Waals surface area contributed by atoms with Gasteiger partial charge in [0.05, 0.1) is 0 Å². The first kappa shape index (κ1) is 14.4. The summed E-state index contributed by atoms with van der Waals surface area (Å²) in [5.74, 6) is 0.545. The number of nitrogens with zero attached hydrogens (tertiary/aromatic N) is 1. The number of nitrogens with two attached hydrogens (primary N) is 1. The highest BCUT2D eigenvalue weighted by molar-refractivity contribution is 5.62. The van der Waals surface area contributed by atoms with E-state index >= 15 is 0 Å². The first-order chi connectivity index (χ1) is 8.83. The molecule has 1 saturated heterocycles. The highest BCUT2D eigenvalue weighted by atomic mass is 15.2.